The molecular weight excluding hydrogens is 538 g/mol. The van der Waals surface area contributed by atoms with Crippen molar-refractivity contribution in [1.82, 2.24) is 10.2 Å². The van der Waals surface area contributed by atoms with Gasteiger partial charge in [-0.2, -0.15) is 0 Å². The van der Waals surface area contributed by atoms with Gasteiger partial charge in [0.1, 0.15) is 16.9 Å². The van der Waals surface area contributed by atoms with Crippen LogP contribution in [0.15, 0.2) is 36.4 Å². The summed E-state index contributed by atoms with van der Waals surface area (Å²) in [6.45, 7) is 2.98. The zero-order chi connectivity index (χ0) is 28.4. The molecule has 0 bridgehead atoms. The maximum atomic E-state index is 13.2. The molecule has 0 fully saturated rings. The van der Waals surface area contributed by atoms with Crippen molar-refractivity contribution in [3.63, 3.8) is 0 Å². The van der Waals surface area contributed by atoms with Gasteiger partial charge in [0.2, 0.25) is 5.75 Å². The van der Waals surface area contributed by atoms with Gasteiger partial charge in [-0.15, -0.1) is 11.3 Å². The summed E-state index contributed by atoms with van der Waals surface area (Å²) in [6, 6.07) is 9.94. The number of nitrogens with zero attached hydrogens (tertiary/aromatic N) is 1. The zero-order valence-corrected chi connectivity index (χ0v) is 23.3. The third-order valence-electron chi connectivity index (χ3n) is 6.66. The van der Waals surface area contributed by atoms with E-state index >= 15 is 0 Å². The van der Waals surface area contributed by atoms with Gasteiger partial charge in [0, 0.05) is 11.4 Å². The summed E-state index contributed by atoms with van der Waals surface area (Å²) < 4.78 is 26.8. The van der Waals surface area contributed by atoms with E-state index in [1.165, 1.54) is 44.8 Å². The number of benzene rings is 2. The number of fused-ring (bicyclic) bond motifs is 3. The average Bonchev–Trinajstić information content (AvgIpc) is 3.34. The summed E-state index contributed by atoms with van der Waals surface area (Å²) in [6.07, 6.45) is -0.319. The van der Waals surface area contributed by atoms with Crippen molar-refractivity contribution in [1.29, 1.82) is 0 Å². The maximum Gasteiger partial charge on any atom is 0.410 e. The van der Waals surface area contributed by atoms with Gasteiger partial charge in [-0.3, -0.25) is 4.79 Å². The Morgan fingerprint density at radius 1 is 1.05 bits per heavy atom. The van der Waals surface area contributed by atoms with Gasteiger partial charge in [0.05, 0.1) is 45.6 Å². The molecule has 2 amide bonds. The number of ether oxygens (including phenoxy) is 5. The normalized spacial score (nSPS) is 15.7. The van der Waals surface area contributed by atoms with Gasteiger partial charge in [0.25, 0.3) is 5.91 Å². The minimum absolute atomic E-state index is 0.194. The third kappa shape index (κ3) is 5.09. The molecule has 210 valence electrons. The molecule has 0 unspecified atom stereocenters. The smallest absolute Gasteiger partial charge is 0.410 e. The van der Waals surface area contributed by atoms with Crippen LogP contribution in [0.4, 0.5) is 9.80 Å². The number of carbonyl (C=O) groups excluding carboxylic acids is 3. The molecule has 0 saturated carbocycles. The van der Waals surface area contributed by atoms with Crippen molar-refractivity contribution in [2.24, 2.45) is 0 Å². The Morgan fingerprint density at radius 2 is 1.80 bits per heavy atom. The van der Waals surface area contributed by atoms with Crippen LogP contribution in [-0.4, -0.2) is 57.4 Å². The number of anilines is 1. The van der Waals surface area contributed by atoms with Gasteiger partial charge >= 0.3 is 12.1 Å². The fourth-order valence-electron chi connectivity index (χ4n) is 4.78. The van der Waals surface area contributed by atoms with E-state index < -0.39 is 12.1 Å². The van der Waals surface area contributed by atoms with Crippen molar-refractivity contribution in [2.45, 2.75) is 26.1 Å². The Kier molecular flexibility index (Phi) is 7.69. The molecule has 2 aliphatic heterocycles. The molecule has 0 spiro atoms. The van der Waals surface area contributed by atoms with E-state index in [1.54, 1.807) is 30.0 Å². The quantitative estimate of drug-likeness (QED) is 0.316. The van der Waals surface area contributed by atoms with Crippen LogP contribution < -0.4 is 29.6 Å². The Balaban J connectivity index is 1.34. The Hall–Kier alpha value is -4.45. The van der Waals surface area contributed by atoms with E-state index in [2.05, 4.69) is 10.6 Å². The Morgan fingerprint density at radius 3 is 2.48 bits per heavy atom. The molecule has 2 aliphatic rings. The monoisotopic (exact) mass is 567 g/mol. The highest BCUT2D eigenvalue weighted by Crippen LogP contribution is 2.41. The van der Waals surface area contributed by atoms with Crippen LogP contribution in [0.25, 0.3) is 0 Å². The molecule has 2 N–H and O–H groups in total. The first-order valence-corrected chi connectivity index (χ1v) is 13.4. The summed E-state index contributed by atoms with van der Waals surface area (Å²) in [5.41, 5.74) is 2.49. The molecule has 3 heterocycles. The van der Waals surface area contributed by atoms with Crippen LogP contribution in [0.1, 0.15) is 49.8 Å². The number of hydrogen-bond acceptors (Lipinski definition) is 10. The molecule has 11 nitrogen and oxygen atoms in total. The fourth-order valence-corrected chi connectivity index (χ4v) is 6.06. The van der Waals surface area contributed by atoms with Crippen LogP contribution in [0.5, 0.6) is 23.0 Å². The highest BCUT2D eigenvalue weighted by atomic mass is 32.1. The van der Waals surface area contributed by atoms with Gasteiger partial charge in [0.15, 0.2) is 11.5 Å². The second-order valence-electron chi connectivity index (χ2n) is 9.01. The van der Waals surface area contributed by atoms with Crippen molar-refractivity contribution < 1.29 is 38.1 Å². The molecule has 0 saturated heterocycles. The molecule has 2 aromatic carbocycles. The minimum atomic E-state index is -0.614. The number of rotatable bonds is 7. The SMILES string of the molecule is CCOC(=O)N1CCc2c(sc3c2C(=O)N[C@H](c2cccc(OC(=O)c4cc(OC)c(OC)c(OC)c4)c2)N3)C1. The van der Waals surface area contributed by atoms with E-state index in [9.17, 15) is 14.4 Å². The largest absolute Gasteiger partial charge is 0.493 e. The van der Waals surface area contributed by atoms with Crippen LogP contribution in [-0.2, 0) is 17.7 Å². The summed E-state index contributed by atoms with van der Waals surface area (Å²) in [7, 11) is 4.41. The predicted molar refractivity (Wildman–Crippen MR) is 147 cm³/mol. The number of hydrogen-bond donors (Lipinski definition) is 2. The van der Waals surface area contributed by atoms with Crippen LogP contribution >= 0.6 is 11.3 Å². The zero-order valence-electron chi connectivity index (χ0n) is 22.5. The number of carbonyl (C=O) groups is 3. The maximum absolute atomic E-state index is 13.2. The lowest BCUT2D eigenvalue weighted by Crippen LogP contribution is -2.39. The van der Waals surface area contributed by atoms with E-state index in [0.717, 1.165) is 15.4 Å². The number of esters is 1. The van der Waals surface area contributed by atoms with Gasteiger partial charge in [-0.25, -0.2) is 9.59 Å². The first kappa shape index (κ1) is 27.1. The highest BCUT2D eigenvalue weighted by Gasteiger charge is 2.34. The van der Waals surface area contributed by atoms with Crippen molar-refractivity contribution in [3.8, 4) is 23.0 Å². The van der Waals surface area contributed by atoms with Crippen molar-refractivity contribution >= 4 is 34.3 Å². The summed E-state index contributed by atoms with van der Waals surface area (Å²) in [5, 5.41) is 7.13. The van der Waals surface area contributed by atoms with E-state index in [0.29, 0.717) is 60.2 Å². The molecule has 1 aromatic heterocycles. The number of amides is 2. The molecule has 40 heavy (non-hydrogen) atoms. The molecule has 0 radical (unpaired) electrons. The molecule has 3 aromatic rings. The molecule has 0 aliphatic carbocycles. The summed E-state index contributed by atoms with van der Waals surface area (Å²) in [5.74, 6) is 0.518. The predicted octanol–water partition coefficient (Wildman–Crippen LogP) is 4.36. The van der Waals surface area contributed by atoms with E-state index in [-0.39, 0.29) is 17.6 Å². The second kappa shape index (κ2) is 11.3. The van der Waals surface area contributed by atoms with E-state index in [4.69, 9.17) is 23.7 Å². The lowest BCUT2D eigenvalue weighted by atomic mass is 10.0. The van der Waals surface area contributed by atoms with Gasteiger partial charge in [-0.05, 0) is 48.7 Å². The Bertz CT molecular complexity index is 1440. The standard InChI is InChI=1S/C28H29N3O8S/c1-5-38-28(34)31-10-9-18-21(14-31)40-26-22(18)25(32)29-24(30-26)15-7-6-8-17(11-15)39-27(33)16-12-19(35-2)23(37-4)20(13-16)36-3/h6-8,11-13,24,30H,5,9-10,14H2,1-4H3,(H,29,32)/t24-/m0/s1. The van der Waals surface area contributed by atoms with Gasteiger partial charge < -0.3 is 39.2 Å². The second-order valence-corrected chi connectivity index (χ2v) is 10.1. The Labute approximate surface area is 234 Å². The first-order chi connectivity index (χ1) is 19.4. The number of methoxy groups -OCH3 is 3. The van der Waals surface area contributed by atoms with E-state index in [1.807, 2.05) is 6.07 Å². The topological polar surface area (TPSA) is 125 Å². The average molecular weight is 568 g/mol. The number of nitrogens with one attached hydrogen (secondary N) is 2. The van der Waals surface area contributed by atoms with Crippen molar-refractivity contribution in [2.75, 3.05) is 39.8 Å². The first-order valence-electron chi connectivity index (χ1n) is 12.6. The fraction of sp³-hybridized carbons (Fsp3) is 0.321. The number of thiophene rings is 1. The van der Waals surface area contributed by atoms with Crippen molar-refractivity contribution in [3.05, 3.63) is 63.5 Å². The van der Waals surface area contributed by atoms with Crippen LogP contribution in [0, 0.1) is 0 Å². The highest BCUT2D eigenvalue weighted by molar-refractivity contribution is 7.16. The summed E-state index contributed by atoms with van der Waals surface area (Å²) in [4.78, 5) is 41.0. The summed E-state index contributed by atoms with van der Waals surface area (Å²) >= 11 is 1.46. The molecule has 5 rings (SSSR count). The minimum Gasteiger partial charge on any atom is -0.493 e. The van der Waals surface area contributed by atoms with Gasteiger partial charge in [-0.1, -0.05) is 12.1 Å². The molecular formula is C28H29N3O8S. The lowest BCUT2D eigenvalue weighted by molar-refractivity contribution is 0.0732. The van der Waals surface area contributed by atoms with Crippen LogP contribution in [0.3, 0.4) is 0 Å². The lowest BCUT2D eigenvalue weighted by Gasteiger charge is -2.28. The molecule has 1 atom stereocenters. The third-order valence-corrected chi connectivity index (χ3v) is 7.81. The van der Waals surface area contributed by atoms with Crippen LogP contribution in [0.2, 0.25) is 0 Å². The molecule has 12 heteroatoms.